The second-order valence-electron chi connectivity index (χ2n) is 6.16. The molecule has 0 spiro atoms. The molecule has 1 saturated heterocycles. The lowest BCUT2D eigenvalue weighted by Crippen LogP contribution is -2.38. The largest absolute Gasteiger partial charge is 0.395 e. The maximum absolute atomic E-state index is 9.34. The average Bonchev–Trinajstić information content (AvgIpc) is 3.19. The van der Waals surface area contributed by atoms with Crippen molar-refractivity contribution in [3.63, 3.8) is 0 Å². The Bertz CT molecular complexity index is 426. The second kappa shape index (κ2) is 7.68. The maximum atomic E-state index is 9.34. The second-order valence-corrected chi connectivity index (χ2v) is 7.05. The Kier molecular flexibility index (Phi) is 5.63. The lowest BCUT2D eigenvalue weighted by Gasteiger charge is -2.33. The van der Waals surface area contributed by atoms with Crippen LogP contribution < -0.4 is 0 Å². The molecule has 0 aromatic carbocycles. The normalized spacial score (nSPS) is 24.0. The van der Waals surface area contributed by atoms with Gasteiger partial charge in [-0.3, -0.25) is 4.90 Å². The van der Waals surface area contributed by atoms with Gasteiger partial charge in [0, 0.05) is 31.1 Å². The highest BCUT2D eigenvalue weighted by molar-refractivity contribution is 7.09. The fourth-order valence-corrected chi connectivity index (χ4v) is 4.38. The van der Waals surface area contributed by atoms with Crippen molar-refractivity contribution < 1.29 is 9.84 Å². The van der Waals surface area contributed by atoms with Gasteiger partial charge < -0.3 is 9.84 Å². The van der Waals surface area contributed by atoms with E-state index < -0.39 is 0 Å². The molecule has 1 aromatic heterocycles. The first kappa shape index (κ1) is 15.4. The van der Waals surface area contributed by atoms with Crippen LogP contribution in [0.3, 0.4) is 0 Å². The number of aromatic nitrogens is 1. The Morgan fingerprint density at radius 2 is 2.10 bits per heavy atom. The number of aliphatic hydroxyl groups is 1. The van der Waals surface area contributed by atoms with Gasteiger partial charge in [0.15, 0.2) is 0 Å². The Labute approximate surface area is 131 Å². The highest BCUT2D eigenvalue weighted by Crippen LogP contribution is 2.31. The molecule has 1 saturated carbocycles. The molecule has 21 heavy (non-hydrogen) atoms. The minimum absolute atomic E-state index is 0.227. The third-order valence-electron chi connectivity index (χ3n) is 4.62. The summed E-state index contributed by atoms with van der Waals surface area (Å²) in [6, 6.07) is 0.624. The third-order valence-corrected chi connectivity index (χ3v) is 5.60. The van der Waals surface area contributed by atoms with Crippen LogP contribution in [0.1, 0.15) is 61.8 Å². The summed E-state index contributed by atoms with van der Waals surface area (Å²) in [6.07, 6.45) is 9.03. The molecule has 4 nitrogen and oxygen atoms in total. The van der Waals surface area contributed by atoms with Crippen molar-refractivity contribution in [2.24, 2.45) is 0 Å². The SMILES string of the molecule is OCCN(Cc1csc(C2CCCO2)n1)C1CCCCC1. The van der Waals surface area contributed by atoms with Gasteiger partial charge in [0.25, 0.3) is 0 Å². The molecule has 2 aliphatic rings. The zero-order valence-corrected chi connectivity index (χ0v) is 13.5. The molecule has 2 fully saturated rings. The molecule has 5 heteroatoms. The van der Waals surface area contributed by atoms with Crippen molar-refractivity contribution in [2.45, 2.75) is 63.6 Å². The summed E-state index contributed by atoms with van der Waals surface area (Å²) in [5.74, 6) is 0. The van der Waals surface area contributed by atoms with Crippen molar-refractivity contribution in [3.05, 3.63) is 16.1 Å². The van der Waals surface area contributed by atoms with E-state index in [9.17, 15) is 5.11 Å². The minimum atomic E-state index is 0.227. The summed E-state index contributed by atoms with van der Waals surface area (Å²) in [4.78, 5) is 7.20. The van der Waals surface area contributed by atoms with E-state index in [1.807, 2.05) is 0 Å². The quantitative estimate of drug-likeness (QED) is 0.877. The summed E-state index contributed by atoms with van der Waals surface area (Å²) in [5.41, 5.74) is 1.14. The van der Waals surface area contributed by atoms with Gasteiger partial charge in [-0.25, -0.2) is 4.98 Å². The fourth-order valence-electron chi connectivity index (χ4n) is 3.49. The van der Waals surface area contributed by atoms with Gasteiger partial charge in [-0.1, -0.05) is 19.3 Å². The first-order chi connectivity index (χ1) is 10.4. The fraction of sp³-hybridized carbons (Fsp3) is 0.812. The molecule has 0 bridgehead atoms. The smallest absolute Gasteiger partial charge is 0.122 e. The minimum Gasteiger partial charge on any atom is -0.395 e. The van der Waals surface area contributed by atoms with Crippen LogP contribution in [-0.2, 0) is 11.3 Å². The molecule has 1 aliphatic carbocycles. The summed E-state index contributed by atoms with van der Waals surface area (Å²) in [7, 11) is 0. The van der Waals surface area contributed by atoms with E-state index in [2.05, 4.69) is 10.3 Å². The number of rotatable bonds is 6. The monoisotopic (exact) mass is 310 g/mol. The molecule has 3 rings (SSSR count). The highest BCUT2D eigenvalue weighted by atomic mass is 32.1. The number of ether oxygens (including phenoxy) is 1. The Hall–Kier alpha value is -0.490. The summed E-state index contributed by atoms with van der Waals surface area (Å²) < 4.78 is 5.72. The van der Waals surface area contributed by atoms with Crippen LogP contribution in [0.25, 0.3) is 0 Å². The molecule has 118 valence electrons. The Morgan fingerprint density at radius 3 is 2.81 bits per heavy atom. The van der Waals surface area contributed by atoms with E-state index in [4.69, 9.17) is 9.72 Å². The van der Waals surface area contributed by atoms with Crippen molar-refractivity contribution in [1.82, 2.24) is 9.88 Å². The number of nitrogens with zero attached hydrogens (tertiary/aromatic N) is 2. The Morgan fingerprint density at radius 1 is 1.24 bits per heavy atom. The van der Waals surface area contributed by atoms with Crippen molar-refractivity contribution >= 4 is 11.3 Å². The van der Waals surface area contributed by atoms with Gasteiger partial charge in [0.2, 0.25) is 0 Å². The molecule has 1 atom stereocenters. The molecule has 0 amide bonds. The van der Waals surface area contributed by atoms with Gasteiger partial charge in [-0.2, -0.15) is 0 Å². The molecule has 2 heterocycles. The number of thiazole rings is 1. The van der Waals surface area contributed by atoms with Crippen LogP contribution in [0.2, 0.25) is 0 Å². The van der Waals surface area contributed by atoms with Gasteiger partial charge in [0.1, 0.15) is 11.1 Å². The first-order valence-corrected chi connectivity index (χ1v) is 9.15. The number of hydrogen-bond acceptors (Lipinski definition) is 5. The maximum Gasteiger partial charge on any atom is 0.122 e. The molecule has 1 N–H and O–H groups in total. The number of hydrogen-bond donors (Lipinski definition) is 1. The summed E-state index contributed by atoms with van der Waals surface area (Å²) in [5, 5.41) is 12.6. The van der Waals surface area contributed by atoms with Gasteiger partial charge in [0.05, 0.1) is 12.3 Å². The number of aliphatic hydroxyl groups excluding tert-OH is 1. The van der Waals surface area contributed by atoms with Crippen LogP contribution in [0.4, 0.5) is 0 Å². The summed E-state index contributed by atoms with van der Waals surface area (Å²) >= 11 is 1.73. The zero-order valence-electron chi connectivity index (χ0n) is 12.7. The van der Waals surface area contributed by atoms with Crippen molar-refractivity contribution in [2.75, 3.05) is 19.8 Å². The van der Waals surface area contributed by atoms with Crippen LogP contribution >= 0.6 is 11.3 Å². The summed E-state index contributed by atoms with van der Waals surface area (Å²) in [6.45, 7) is 2.74. The van der Waals surface area contributed by atoms with Crippen LogP contribution in [0.15, 0.2) is 5.38 Å². The lowest BCUT2D eigenvalue weighted by atomic mass is 9.94. The zero-order chi connectivity index (χ0) is 14.5. The van der Waals surface area contributed by atoms with E-state index in [0.29, 0.717) is 6.04 Å². The van der Waals surface area contributed by atoms with Crippen LogP contribution in [0.5, 0.6) is 0 Å². The van der Waals surface area contributed by atoms with Crippen molar-refractivity contribution in [3.8, 4) is 0 Å². The van der Waals surface area contributed by atoms with E-state index in [0.717, 1.165) is 43.2 Å². The first-order valence-electron chi connectivity index (χ1n) is 8.27. The molecule has 0 radical (unpaired) electrons. The topological polar surface area (TPSA) is 45.6 Å². The third kappa shape index (κ3) is 4.03. The molecule has 1 aromatic rings. The standard InChI is InChI=1S/C16H26N2O2S/c19-9-8-18(14-5-2-1-3-6-14)11-13-12-21-16(17-13)15-7-4-10-20-15/h12,14-15,19H,1-11H2. The van der Waals surface area contributed by atoms with Crippen LogP contribution in [-0.4, -0.2) is 40.8 Å². The van der Waals surface area contributed by atoms with Gasteiger partial charge in [-0.15, -0.1) is 11.3 Å². The van der Waals surface area contributed by atoms with Crippen molar-refractivity contribution in [1.29, 1.82) is 0 Å². The van der Waals surface area contributed by atoms with Crippen LogP contribution in [0, 0.1) is 0 Å². The van der Waals surface area contributed by atoms with E-state index >= 15 is 0 Å². The van der Waals surface area contributed by atoms with Gasteiger partial charge >= 0.3 is 0 Å². The molecular formula is C16H26N2O2S. The highest BCUT2D eigenvalue weighted by Gasteiger charge is 2.24. The molecular weight excluding hydrogens is 284 g/mol. The van der Waals surface area contributed by atoms with E-state index in [1.165, 1.54) is 32.1 Å². The van der Waals surface area contributed by atoms with Gasteiger partial charge in [-0.05, 0) is 25.7 Å². The Balaban J connectivity index is 1.61. The molecule has 1 aliphatic heterocycles. The predicted octanol–water partition coefficient (Wildman–Crippen LogP) is 3.12. The lowest BCUT2D eigenvalue weighted by molar-refractivity contribution is 0.109. The van der Waals surface area contributed by atoms with E-state index in [1.54, 1.807) is 11.3 Å². The molecule has 1 unspecified atom stereocenters. The van der Waals surface area contributed by atoms with E-state index in [-0.39, 0.29) is 12.7 Å². The predicted molar refractivity (Wildman–Crippen MR) is 84.4 cm³/mol. The average molecular weight is 310 g/mol.